The molecule has 1 aliphatic rings. The monoisotopic (exact) mass is 298 g/mol. The molecule has 0 spiro atoms. The predicted octanol–water partition coefficient (Wildman–Crippen LogP) is 1.25. The van der Waals surface area contributed by atoms with Crippen molar-refractivity contribution in [3.63, 3.8) is 0 Å². The van der Waals surface area contributed by atoms with E-state index in [0.717, 1.165) is 25.8 Å². The van der Waals surface area contributed by atoms with E-state index in [1.54, 1.807) is 4.90 Å². The Hall–Kier alpha value is -1.59. The first-order valence-corrected chi connectivity index (χ1v) is 7.74. The standard InChI is InChI=1S/C15H26N2O4/c1-3-11(2)15(21)17-9-5-6-12(10-17)14(20)16-8-4-7-13(18)19/h11-12H,3-10H2,1-2H3,(H,16,20)(H,18,19). The molecule has 2 N–H and O–H groups in total. The highest BCUT2D eigenvalue weighted by Gasteiger charge is 2.29. The van der Waals surface area contributed by atoms with Crippen LogP contribution in [0.3, 0.4) is 0 Å². The maximum Gasteiger partial charge on any atom is 0.303 e. The number of aliphatic carboxylic acids is 1. The fourth-order valence-electron chi connectivity index (χ4n) is 2.47. The lowest BCUT2D eigenvalue weighted by Crippen LogP contribution is -2.47. The Balaban J connectivity index is 2.39. The number of carboxylic acids is 1. The van der Waals surface area contributed by atoms with Gasteiger partial charge in [-0.3, -0.25) is 14.4 Å². The number of amides is 2. The van der Waals surface area contributed by atoms with Gasteiger partial charge < -0.3 is 15.3 Å². The van der Waals surface area contributed by atoms with E-state index in [1.165, 1.54) is 0 Å². The number of nitrogens with one attached hydrogen (secondary N) is 1. The number of carbonyl (C=O) groups excluding carboxylic acids is 2. The lowest BCUT2D eigenvalue weighted by atomic mass is 9.95. The van der Waals surface area contributed by atoms with Gasteiger partial charge in [0.1, 0.15) is 0 Å². The number of carbonyl (C=O) groups is 3. The summed E-state index contributed by atoms with van der Waals surface area (Å²) in [6.07, 6.45) is 2.93. The third kappa shape index (κ3) is 5.73. The van der Waals surface area contributed by atoms with Crippen LogP contribution in [0.25, 0.3) is 0 Å². The normalized spacial score (nSPS) is 19.9. The van der Waals surface area contributed by atoms with Crippen molar-refractivity contribution in [1.82, 2.24) is 10.2 Å². The van der Waals surface area contributed by atoms with Gasteiger partial charge in [0.15, 0.2) is 0 Å². The fraction of sp³-hybridized carbons (Fsp3) is 0.800. The summed E-state index contributed by atoms with van der Waals surface area (Å²) < 4.78 is 0. The summed E-state index contributed by atoms with van der Waals surface area (Å²) in [5.74, 6) is -0.964. The molecule has 0 aromatic heterocycles. The van der Waals surface area contributed by atoms with Crippen molar-refractivity contribution < 1.29 is 19.5 Å². The minimum absolute atomic E-state index is 0.00220. The van der Waals surface area contributed by atoms with Gasteiger partial charge in [-0.05, 0) is 25.7 Å². The van der Waals surface area contributed by atoms with Gasteiger partial charge in [0.25, 0.3) is 0 Å². The molecule has 0 saturated carbocycles. The molecule has 120 valence electrons. The Morgan fingerprint density at radius 2 is 2.10 bits per heavy atom. The van der Waals surface area contributed by atoms with Gasteiger partial charge in [-0.2, -0.15) is 0 Å². The zero-order chi connectivity index (χ0) is 15.8. The van der Waals surface area contributed by atoms with Gasteiger partial charge in [-0.1, -0.05) is 13.8 Å². The van der Waals surface area contributed by atoms with E-state index < -0.39 is 5.97 Å². The zero-order valence-corrected chi connectivity index (χ0v) is 12.9. The summed E-state index contributed by atoms with van der Waals surface area (Å²) in [6.45, 7) is 5.48. The molecule has 1 rings (SSSR count). The highest BCUT2D eigenvalue weighted by Crippen LogP contribution is 2.19. The molecule has 0 bridgehead atoms. The smallest absolute Gasteiger partial charge is 0.303 e. The van der Waals surface area contributed by atoms with Crippen LogP contribution in [0, 0.1) is 11.8 Å². The van der Waals surface area contributed by atoms with Crippen molar-refractivity contribution in [2.75, 3.05) is 19.6 Å². The quantitative estimate of drug-likeness (QED) is 0.693. The van der Waals surface area contributed by atoms with E-state index in [2.05, 4.69) is 5.32 Å². The second kappa shape index (κ2) is 8.64. The summed E-state index contributed by atoms with van der Waals surface area (Å²) in [5, 5.41) is 11.3. The third-order valence-corrected chi connectivity index (χ3v) is 4.00. The van der Waals surface area contributed by atoms with Crippen molar-refractivity contribution in [3.8, 4) is 0 Å². The molecule has 1 aliphatic heterocycles. The zero-order valence-electron chi connectivity index (χ0n) is 12.9. The van der Waals surface area contributed by atoms with Crippen LogP contribution in [0.5, 0.6) is 0 Å². The molecule has 1 fully saturated rings. The number of hydrogen-bond acceptors (Lipinski definition) is 3. The average molecular weight is 298 g/mol. The number of rotatable bonds is 7. The minimum Gasteiger partial charge on any atom is -0.481 e. The highest BCUT2D eigenvalue weighted by molar-refractivity contribution is 5.82. The molecule has 21 heavy (non-hydrogen) atoms. The molecule has 6 heteroatoms. The summed E-state index contributed by atoms with van der Waals surface area (Å²) >= 11 is 0. The van der Waals surface area contributed by atoms with Crippen LogP contribution in [0.4, 0.5) is 0 Å². The lowest BCUT2D eigenvalue weighted by molar-refractivity contribution is -0.139. The topological polar surface area (TPSA) is 86.7 Å². The molecule has 2 amide bonds. The van der Waals surface area contributed by atoms with Crippen molar-refractivity contribution in [1.29, 1.82) is 0 Å². The van der Waals surface area contributed by atoms with Gasteiger partial charge in [0.2, 0.25) is 11.8 Å². The Labute approximate surface area is 125 Å². The first-order valence-electron chi connectivity index (χ1n) is 7.74. The lowest BCUT2D eigenvalue weighted by Gasteiger charge is -2.33. The van der Waals surface area contributed by atoms with Crippen molar-refractivity contribution in [2.24, 2.45) is 11.8 Å². The first kappa shape index (κ1) is 17.5. The summed E-state index contributed by atoms with van der Waals surface area (Å²) in [6, 6.07) is 0. The van der Waals surface area contributed by atoms with Crippen molar-refractivity contribution >= 4 is 17.8 Å². The molecule has 0 radical (unpaired) electrons. The first-order chi connectivity index (χ1) is 9.95. The number of piperidine rings is 1. The average Bonchev–Trinajstić information content (AvgIpc) is 2.49. The van der Waals surface area contributed by atoms with Gasteiger partial charge in [0.05, 0.1) is 5.92 Å². The summed E-state index contributed by atoms with van der Waals surface area (Å²) in [7, 11) is 0. The number of carboxylic acid groups (broad SMARTS) is 1. The maximum absolute atomic E-state index is 12.2. The Bertz CT molecular complexity index is 384. The fourth-order valence-corrected chi connectivity index (χ4v) is 2.47. The molecule has 2 atom stereocenters. The van der Waals surface area contributed by atoms with Gasteiger partial charge in [-0.15, -0.1) is 0 Å². The van der Waals surface area contributed by atoms with E-state index in [1.807, 2.05) is 13.8 Å². The van der Waals surface area contributed by atoms with Crippen LogP contribution in [-0.4, -0.2) is 47.4 Å². The van der Waals surface area contributed by atoms with Gasteiger partial charge in [0, 0.05) is 32.0 Å². The molecule has 2 unspecified atom stereocenters. The third-order valence-electron chi connectivity index (χ3n) is 4.00. The minimum atomic E-state index is -0.854. The van der Waals surface area contributed by atoms with Crippen LogP contribution < -0.4 is 5.32 Å². The molecule has 0 aliphatic carbocycles. The van der Waals surface area contributed by atoms with Gasteiger partial charge in [-0.25, -0.2) is 0 Å². The summed E-state index contributed by atoms with van der Waals surface area (Å²) in [5.41, 5.74) is 0. The Morgan fingerprint density at radius 1 is 1.38 bits per heavy atom. The maximum atomic E-state index is 12.2. The largest absolute Gasteiger partial charge is 0.481 e. The molecule has 1 heterocycles. The SMILES string of the molecule is CCC(C)C(=O)N1CCCC(C(=O)NCCCC(=O)O)C1. The molecule has 1 saturated heterocycles. The Kier molecular flexibility index (Phi) is 7.19. The number of likely N-dealkylation sites (tertiary alicyclic amines) is 1. The molecule has 0 aromatic rings. The van der Waals surface area contributed by atoms with Crippen molar-refractivity contribution in [2.45, 2.75) is 46.0 Å². The Morgan fingerprint density at radius 3 is 2.71 bits per heavy atom. The molecular weight excluding hydrogens is 272 g/mol. The van der Waals surface area contributed by atoms with E-state index in [4.69, 9.17) is 5.11 Å². The molecule has 0 aromatic carbocycles. The molecular formula is C15H26N2O4. The number of hydrogen-bond donors (Lipinski definition) is 2. The van der Waals surface area contributed by atoms with E-state index >= 15 is 0 Å². The van der Waals surface area contributed by atoms with E-state index in [0.29, 0.717) is 19.5 Å². The van der Waals surface area contributed by atoms with Crippen LogP contribution in [0.1, 0.15) is 46.0 Å². The second-order valence-electron chi connectivity index (χ2n) is 5.72. The summed E-state index contributed by atoms with van der Waals surface area (Å²) in [4.78, 5) is 36.4. The van der Waals surface area contributed by atoms with Crippen LogP contribution in [0.15, 0.2) is 0 Å². The van der Waals surface area contributed by atoms with E-state index in [9.17, 15) is 14.4 Å². The second-order valence-corrected chi connectivity index (χ2v) is 5.72. The van der Waals surface area contributed by atoms with Gasteiger partial charge >= 0.3 is 5.97 Å². The van der Waals surface area contributed by atoms with Crippen molar-refractivity contribution in [3.05, 3.63) is 0 Å². The van der Waals surface area contributed by atoms with Crippen LogP contribution in [0.2, 0.25) is 0 Å². The van der Waals surface area contributed by atoms with Crippen LogP contribution >= 0.6 is 0 Å². The highest BCUT2D eigenvalue weighted by atomic mass is 16.4. The number of nitrogens with zero attached hydrogens (tertiary/aromatic N) is 1. The molecule has 6 nitrogen and oxygen atoms in total. The predicted molar refractivity (Wildman–Crippen MR) is 78.6 cm³/mol. The van der Waals surface area contributed by atoms with Crippen LogP contribution in [-0.2, 0) is 14.4 Å². The van der Waals surface area contributed by atoms with E-state index in [-0.39, 0.29) is 30.1 Å².